The summed E-state index contributed by atoms with van der Waals surface area (Å²) in [5, 5.41) is 1.13. The third-order valence-electron chi connectivity index (χ3n) is 5.69. The van der Waals surface area contributed by atoms with Crippen molar-refractivity contribution in [2.24, 2.45) is 0 Å². The molecule has 4 nitrogen and oxygen atoms in total. The lowest BCUT2D eigenvalue weighted by Crippen LogP contribution is -2.34. The lowest BCUT2D eigenvalue weighted by molar-refractivity contribution is -0.133. The number of benzene rings is 2. The number of carbonyl (C=O) groups is 1. The van der Waals surface area contributed by atoms with Crippen LogP contribution in [0.1, 0.15) is 55.1 Å². The number of carbonyl (C=O) groups excluding carboxylic acids is 1. The summed E-state index contributed by atoms with van der Waals surface area (Å²) in [5.74, 6) is 1.13. The van der Waals surface area contributed by atoms with Gasteiger partial charge < -0.3 is 9.64 Å². The zero-order valence-electron chi connectivity index (χ0n) is 17.0. The van der Waals surface area contributed by atoms with Crippen molar-refractivity contribution in [1.82, 2.24) is 9.88 Å². The van der Waals surface area contributed by atoms with E-state index in [4.69, 9.17) is 9.72 Å². The number of ether oxygens (including phenoxy) is 1. The van der Waals surface area contributed by atoms with Crippen LogP contribution in [0.25, 0.3) is 10.2 Å². The normalized spacial score (nSPS) is 17.3. The largest absolute Gasteiger partial charge is 0.497 e. The lowest BCUT2D eigenvalue weighted by atomic mass is 10.00. The first-order chi connectivity index (χ1) is 14.2. The summed E-state index contributed by atoms with van der Waals surface area (Å²) in [5.41, 5.74) is 2.28. The fraction of sp³-hybridized carbons (Fsp3) is 0.417. The van der Waals surface area contributed by atoms with Gasteiger partial charge in [0.15, 0.2) is 0 Å². The Morgan fingerprint density at radius 3 is 2.76 bits per heavy atom. The standard InChI is InChI=1S/C24H28N2O2S/c1-28-19-15-13-18(14-16-19)21-9-3-2-6-17-26(21)24(27)12-7-11-23-25-20-8-4-5-10-22(20)29-23/h4-5,8,10,13-16,21H,2-3,6-7,9,11-12,17H2,1H3/t21-/m1/s1. The van der Waals surface area contributed by atoms with Crippen LogP contribution < -0.4 is 4.74 Å². The molecule has 3 aromatic rings. The molecule has 1 aliphatic rings. The molecule has 1 atom stereocenters. The van der Waals surface area contributed by atoms with Crippen molar-refractivity contribution in [3.05, 3.63) is 59.1 Å². The summed E-state index contributed by atoms with van der Waals surface area (Å²) >= 11 is 1.74. The molecule has 0 spiro atoms. The summed E-state index contributed by atoms with van der Waals surface area (Å²) in [7, 11) is 1.68. The predicted molar refractivity (Wildman–Crippen MR) is 118 cm³/mol. The number of hydrogen-bond acceptors (Lipinski definition) is 4. The van der Waals surface area contributed by atoms with E-state index in [-0.39, 0.29) is 11.9 Å². The average Bonchev–Trinajstić information content (AvgIpc) is 3.00. The second kappa shape index (κ2) is 9.40. The molecular formula is C24H28N2O2S. The van der Waals surface area contributed by atoms with Gasteiger partial charge in [0.1, 0.15) is 5.75 Å². The molecule has 1 saturated heterocycles. The van der Waals surface area contributed by atoms with Crippen LogP contribution >= 0.6 is 11.3 Å². The number of para-hydroxylation sites is 1. The minimum Gasteiger partial charge on any atom is -0.497 e. The van der Waals surface area contributed by atoms with E-state index < -0.39 is 0 Å². The molecule has 5 heteroatoms. The van der Waals surface area contributed by atoms with Gasteiger partial charge >= 0.3 is 0 Å². The highest BCUT2D eigenvalue weighted by molar-refractivity contribution is 7.18. The van der Waals surface area contributed by atoms with E-state index in [1.807, 2.05) is 24.3 Å². The highest BCUT2D eigenvalue weighted by Gasteiger charge is 2.26. The Hall–Kier alpha value is -2.40. The van der Waals surface area contributed by atoms with Crippen molar-refractivity contribution in [2.45, 2.75) is 51.0 Å². The number of amides is 1. The van der Waals surface area contributed by atoms with E-state index in [0.717, 1.165) is 48.5 Å². The molecule has 0 bridgehead atoms. The van der Waals surface area contributed by atoms with E-state index in [2.05, 4.69) is 29.2 Å². The number of aryl methyl sites for hydroxylation is 1. The molecule has 1 fully saturated rings. The van der Waals surface area contributed by atoms with Crippen LogP contribution in [0.2, 0.25) is 0 Å². The van der Waals surface area contributed by atoms with Gasteiger partial charge in [-0.15, -0.1) is 11.3 Å². The van der Waals surface area contributed by atoms with Gasteiger partial charge in [0, 0.05) is 13.0 Å². The van der Waals surface area contributed by atoms with Gasteiger partial charge in [0.05, 0.1) is 28.4 Å². The maximum Gasteiger partial charge on any atom is 0.223 e. The first-order valence-corrected chi connectivity index (χ1v) is 11.3. The molecule has 1 aliphatic heterocycles. The average molecular weight is 409 g/mol. The number of likely N-dealkylation sites (tertiary alicyclic amines) is 1. The van der Waals surface area contributed by atoms with Crippen molar-refractivity contribution in [3.8, 4) is 5.75 Å². The summed E-state index contributed by atoms with van der Waals surface area (Å²) in [6, 6.07) is 16.6. The Bertz CT molecular complexity index is 918. The van der Waals surface area contributed by atoms with E-state index in [1.54, 1.807) is 18.4 Å². The molecular weight excluding hydrogens is 380 g/mol. The maximum atomic E-state index is 13.1. The van der Waals surface area contributed by atoms with Crippen LogP contribution in [0.5, 0.6) is 5.75 Å². The first kappa shape index (κ1) is 19.9. The van der Waals surface area contributed by atoms with Gasteiger partial charge in [-0.2, -0.15) is 0 Å². The molecule has 152 valence electrons. The molecule has 0 aliphatic carbocycles. The molecule has 29 heavy (non-hydrogen) atoms. The number of nitrogens with zero attached hydrogens (tertiary/aromatic N) is 2. The topological polar surface area (TPSA) is 42.4 Å². The van der Waals surface area contributed by atoms with Crippen molar-refractivity contribution in [1.29, 1.82) is 0 Å². The monoisotopic (exact) mass is 408 g/mol. The van der Waals surface area contributed by atoms with Crippen molar-refractivity contribution in [2.75, 3.05) is 13.7 Å². The third-order valence-corrected chi connectivity index (χ3v) is 6.79. The zero-order valence-corrected chi connectivity index (χ0v) is 17.8. The van der Waals surface area contributed by atoms with Crippen molar-refractivity contribution >= 4 is 27.5 Å². The predicted octanol–water partition coefficient (Wildman–Crippen LogP) is 5.77. The number of aromatic nitrogens is 1. The fourth-order valence-electron chi connectivity index (χ4n) is 4.14. The second-order valence-corrected chi connectivity index (χ2v) is 8.77. The van der Waals surface area contributed by atoms with Crippen molar-refractivity contribution < 1.29 is 9.53 Å². The fourth-order valence-corrected chi connectivity index (χ4v) is 5.15. The van der Waals surface area contributed by atoms with E-state index in [0.29, 0.717) is 6.42 Å². The van der Waals surface area contributed by atoms with Crippen molar-refractivity contribution in [3.63, 3.8) is 0 Å². The quantitative estimate of drug-likeness (QED) is 0.520. The molecule has 2 heterocycles. The Balaban J connectivity index is 1.40. The Morgan fingerprint density at radius 1 is 1.14 bits per heavy atom. The molecule has 2 aromatic carbocycles. The van der Waals surface area contributed by atoms with Crippen LogP contribution in [-0.2, 0) is 11.2 Å². The van der Waals surface area contributed by atoms with E-state index >= 15 is 0 Å². The molecule has 0 radical (unpaired) electrons. The minimum absolute atomic E-state index is 0.179. The number of thiazole rings is 1. The summed E-state index contributed by atoms with van der Waals surface area (Å²) in [6.07, 6.45) is 6.81. The van der Waals surface area contributed by atoms with E-state index in [9.17, 15) is 4.79 Å². The first-order valence-electron chi connectivity index (χ1n) is 10.5. The van der Waals surface area contributed by atoms with Gasteiger partial charge in [0.2, 0.25) is 5.91 Å². The van der Waals surface area contributed by atoms with Crippen LogP contribution in [-0.4, -0.2) is 29.4 Å². The Morgan fingerprint density at radius 2 is 1.97 bits per heavy atom. The highest BCUT2D eigenvalue weighted by atomic mass is 32.1. The third kappa shape index (κ3) is 4.78. The molecule has 0 unspecified atom stereocenters. The molecule has 1 aromatic heterocycles. The van der Waals surface area contributed by atoms with Gasteiger partial charge in [-0.05, 0) is 55.5 Å². The number of methoxy groups -OCH3 is 1. The Labute approximate surface area is 176 Å². The minimum atomic E-state index is 0.179. The van der Waals surface area contributed by atoms with Gasteiger partial charge in [-0.25, -0.2) is 4.98 Å². The molecule has 0 N–H and O–H groups in total. The van der Waals surface area contributed by atoms with Crippen LogP contribution in [0.4, 0.5) is 0 Å². The van der Waals surface area contributed by atoms with Crippen LogP contribution in [0.3, 0.4) is 0 Å². The summed E-state index contributed by atoms with van der Waals surface area (Å²) in [6.45, 7) is 0.858. The molecule has 1 amide bonds. The number of fused-ring (bicyclic) bond motifs is 1. The second-order valence-electron chi connectivity index (χ2n) is 7.65. The molecule has 0 saturated carbocycles. The highest BCUT2D eigenvalue weighted by Crippen LogP contribution is 2.32. The number of rotatable bonds is 6. The summed E-state index contributed by atoms with van der Waals surface area (Å²) in [4.78, 5) is 19.9. The SMILES string of the molecule is COc1ccc([C@H]2CCCCCN2C(=O)CCCc2nc3ccccc3s2)cc1. The lowest BCUT2D eigenvalue weighted by Gasteiger charge is -2.30. The van der Waals surface area contributed by atoms with Crippen LogP contribution in [0.15, 0.2) is 48.5 Å². The maximum absolute atomic E-state index is 13.1. The van der Waals surface area contributed by atoms with Gasteiger partial charge in [-0.1, -0.05) is 37.1 Å². The smallest absolute Gasteiger partial charge is 0.223 e. The zero-order chi connectivity index (χ0) is 20.1. The van der Waals surface area contributed by atoms with Crippen LogP contribution in [0, 0.1) is 0 Å². The van der Waals surface area contributed by atoms with E-state index in [1.165, 1.54) is 23.1 Å². The molecule has 4 rings (SSSR count). The summed E-state index contributed by atoms with van der Waals surface area (Å²) < 4.78 is 6.51. The van der Waals surface area contributed by atoms with Gasteiger partial charge in [0.25, 0.3) is 0 Å². The number of hydrogen-bond donors (Lipinski definition) is 0. The van der Waals surface area contributed by atoms with Gasteiger partial charge in [-0.3, -0.25) is 4.79 Å². The Kier molecular flexibility index (Phi) is 6.45.